The van der Waals surface area contributed by atoms with Crippen molar-refractivity contribution in [3.8, 4) is 0 Å². The smallest absolute Gasteiger partial charge is 0.228 e. The molecule has 2 fully saturated rings. The first kappa shape index (κ1) is 14.2. The van der Waals surface area contributed by atoms with Crippen LogP contribution in [0, 0.1) is 5.92 Å². The van der Waals surface area contributed by atoms with Gasteiger partial charge < -0.3 is 9.64 Å². The van der Waals surface area contributed by atoms with Crippen LogP contribution in [0.4, 0.5) is 5.95 Å². The van der Waals surface area contributed by atoms with Gasteiger partial charge in [-0.2, -0.15) is 0 Å². The molecule has 0 N–H and O–H groups in total. The fourth-order valence-electron chi connectivity index (χ4n) is 2.62. The third kappa shape index (κ3) is 3.11. The van der Waals surface area contributed by atoms with Crippen LogP contribution in [0.15, 0.2) is 5.16 Å². The highest BCUT2D eigenvalue weighted by molar-refractivity contribution is 7.99. The number of hydrogen-bond acceptors (Lipinski definition) is 5. The van der Waals surface area contributed by atoms with Gasteiger partial charge in [-0.3, -0.25) is 4.57 Å². The SMILES string of the molecule is CCOCSc1nnc(N2CCC(C)CC2)n1C1CC1. The van der Waals surface area contributed by atoms with E-state index in [4.69, 9.17) is 4.74 Å². The molecule has 5 nitrogen and oxygen atoms in total. The van der Waals surface area contributed by atoms with E-state index in [1.807, 2.05) is 6.92 Å². The standard InChI is InChI=1S/C14H24N4OS/c1-3-19-10-20-14-16-15-13(18(14)12-4-5-12)17-8-6-11(2)7-9-17/h11-12H,3-10H2,1-2H3. The highest BCUT2D eigenvalue weighted by atomic mass is 32.2. The topological polar surface area (TPSA) is 43.2 Å². The van der Waals surface area contributed by atoms with Crippen molar-refractivity contribution in [3.63, 3.8) is 0 Å². The molecule has 0 amide bonds. The lowest BCUT2D eigenvalue weighted by molar-refractivity contribution is 0.199. The van der Waals surface area contributed by atoms with Crippen molar-refractivity contribution in [2.75, 3.05) is 30.5 Å². The van der Waals surface area contributed by atoms with Gasteiger partial charge in [0, 0.05) is 25.7 Å². The Kier molecular flexibility index (Phi) is 4.51. The molecule has 0 radical (unpaired) electrons. The van der Waals surface area contributed by atoms with Crippen molar-refractivity contribution in [1.82, 2.24) is 14.8 Å². The van der Waals surface area contributed by atoms with Crippen LogP contribution in [0.3, 0.4) is 0 Å². The third-order valence-corrected chi connectivity index (χ3v) is 4.92. The highest BCUT2D eigenvalue weighted by Gasteiger charge is 2.32. The molecule has 0 aromatic carbocycles. The van der Waals surface area contributed by atoms with Gasteiger partial charge in [-0.15, -0.1) is 10.2 Å². The van der Waals surface area contributed by atoms with Crippen LogP contribution < -0.4 is 4.90 Å². The molecule has 2 aliphatic rings. The molecule has 0 bridgehead atoms. The van der Waals surface area contributed by atoms with Gasteiger partial charge in [-0.25, -0.2) is 0 Å². The minimum absolute atomic E-state index is 0.614. The van der Waals surface area contributed by atoms with Crippen LogP contribution in [-0.4, -0.2) is 40.4 Å². The Bertz CT molecular complexity index is 438. The van der Waals surface area contributed by atoms with Gasteiger partial charge >= 0.3 is 0 Å². The van der Waals surface area contributed by atoms with Crippen LogP contribution in [0.25, 0.3) is 0 Å². The number of hydrogen-bond donors (Lipinski definition) is 0. The van der Waals surface area contributed by atoms with Gasteiger partial charge in [0.05, 0.1) is 5.94 Å². The molecule has 0 unspecified atom stereocenters. The van der Waals surface area contributed by atoms with Gasteiger partial charge in [0.25, 0.3) is 0 Å². The summed E-state index contributed by atoms with van der Waals surface area (Å²) in [6, 6.07) is 0.614. The van der Waals surface area contributed by atoms with Crippen molar-refractivity contribution in [2.45, 2.75) is 50.7 Å². The number of aromatic nitrogens is 3. The Balaban J connectivity index is 1.73. The molecule has 2 heterocycles. The Morgan fingerprint density at radius 3 is 2.60 bits per heavy atom. The summed E-state index contributed by atoms with van der Waals surface area (Å²) in [7, 11) is 0. The van der Waals surface area contributed by atoms with Gasteiger partial charge in [-0.05, 0) is 38.5 Å². The fraction of sp³-hybridized carbons (Fsp3) is 0.857. The molecule has 1 aromatic heterocycles. The Morgan fingerprint density at radius 1 is 1.20 bits per heavy atom. The number of piperidine rings is 1. The average molecular weight is 296 g/mol. The number of rotatable bonds is 6. The molecule has 1 aliphatic carbocycles. The molecule has 1 aliphatic heterocycles. The monoisotopic (exact) mass is 296 g/mol. The first-order chi connectivity index (χ1) is 9.79. The van der Waals surface area contributed by atoms with Crippen molar-refractivity contribution in [1.29, 1.82) is 0 Å². The van der Waals surface area contributed by atoms with E-state index in [2.05, 4.69) is 26.6 Å². The minimum atomic E-state index is 0.614. The molecular formula is C14H24N4OS. The number of thioether (sulfide) groups is 1. The fourth-order valence-corrected chi connectivity index (χ4v) is 3.45. The van der Waals surface area contributed by atoms with Gasteiger partial charge in [0.2, 0.25) is 5.95 Å². The third-order valence-electron chi connectivity index (χ3n) is 4.10. The van der Waals surface area contributed by atoms with Crippen molar-refractivity contribution in [3.05, 3.63) is 0 Å². The van der Waals surface area contributed by atoms with Crippen LogP contribution >= 0.6 is 11.8 Å². The quantitative estimate of drug-likeness (QED) is 0.459. The maximum atomic E-state index is 5.43. The zero-order valence-electron chi connectivity index (χ0n) is 12.4. The molecule has 3 rings (SSSR count). The minimum Gasteiger partial charge on any atom is -0.371 e. The molecule has 1 saturated heterocycles. The second kappa shape index (κ2) is 6.35. The second-order valence-electron chi connectivity index (χ2n) is 5.81. The molecule has 20 heavy (non-hydrogen) atoms. The Morgan fingerprint density at radius 2 is 1.95 bits per heavy atom. The summed E-state index contributed by atoms with van der Waals surface area (Å²) >= 11 is 1.67. The Labute approximate surface area is 125 Å². The van der Waals surface area contributed by atoms with Crippen LogP contribution in [0.2, 0.25) is 0 Å². The average Bonchev–Trinajstić information content (AvgIpc) is 3.21. The zero-order chi connectivity index (χ0) is 13.9. The van der Waals surface area contributed by atoms with Gasteiger partial charge in [0.15, 0.2) is 5.16 Å². The molecule has 112 valence electrons. The summed E-state index contributed by atoms with van der Waals surface area (Å²) in [5.41, 5.74) is 0. The summed E-state index contributed by atoms with van der Waals surface area (Å²) < 4.78 is 7.78. The predicted octanol–water partition coefficient (Wildman–Crippen LogP) is 2.94. The van der Waals surface area contributed by atoms with Crippen molar-refractivity contribution in [2.24, 2.45) is 5.92 Å². The maximum Gasteiger partial charge on any atom is 0.228 e. The van der Waals surface area contributed by atoms with Crippen molar-refractivity contribution < 1.29 is 4.74 Å². The van der Waals surface area contributed by atoms with Gasteiger partial charge in [-0.1, -0.05) is 18.7 Å². The van der Waals surface area contributed by atoms with Crippen LogP contribution in [-0.2, 0) is 4.74 Å². The summed E-state index contributed by atoms with van der Waals surface area (Å²) in [4.78, 5) is 2.41. The van der Waals surface area contributed by atoms with Gasteiger partial charge in [0.1, 0.15) is 0 Å². The lowest BCUT2D eigenvalue weighted by Crippen LogP contribution is -2.34. The number of ether oxygens (including phenoxy) is 1. The molecule has 0 atom stereocenters. The number of nitrogens with zero attached hydrogens (tertiary/aromatic N) is 4. The molecular weight excluding hydrogens is 272 g/mol. The second-order valence-corrected chi connectivity index (χ2v) is 6.70. The molecule has 1 aromatic rings. The van der Waals surface area contributed by atoms with E-state index in [0.717, 1.165) is 36.7 Å². The van der Waals surface area contributed by atoms with E-state index in [-0.39, 0.29) is 0 Å². The van der Waals surface area contributed by atoms with E-state index in [1.54, 1.807) is 11.8 Å². The summed E-state index contributed by atoms with van der Waals surface area (Å²) in [6.07, 6.45) is 5.05. The van der Waals surface area contributed by atoms with Crippen molar-refractivity contribution >= 4 is 17.7 Å². The number of anilines is 1. The van der Waals surface area contributed by atoms with E-state index < -0.39 is 0 Å². The maximum absolute atomic E-state index is 5.43. The van der Waals surface area contributed by atoms with Crippen LogP contribution in [0.1, 0.15) is 45.6 Å². The van der Waals surface area contributed by atoms with Crippen LogP contribution in [0.5, 0.6) is 0 Å². The van der Waals surface area contributed by atoms with E-state index in [1.165, 1.54) is 25.7 Å². The lowest BCUT2D eigenvalue weighted by Gasteiger charge is -2.31. The molecule has 1 saturated carbocycles. The van der Waals surface area contributed by atoms with E-state index >= 15 is 0 Å². The normalized spacial score (nSPS) is 20.6. The van der Waals surface area contributed by atoms with E-state index in [9.17, 15) is 0 Å². The highest BCUT2D eigenvalue weighted by Crippen LogP contribution is 2.41. The predicted molar refractivity (Wildman–Crippen MR) is 81.3 cm³/mol. The lowest BCUT2D eigenvalue weighted by atomic mass is 10.00. The van der Waals surface area contributed by atoms with E-state index in [0.29, 0.717) is 12.0 Å². The Hall–Kier alpha value is -0.750. The first-order valence-corrected chi connectivity index (χ1v) is 8.68. The zero-order valence-corrected chi connectivity index (χ0v) is 13.2. The molecule has 0 spiro atoms. The summed E-state index contributed by atoms with van der Waals surface area (Å²) in [5.74, 6) is 2.59. The summed E-state index contributed by atoms with van der Waals surface area (Å²) in [6.45, 7) is 7.34. The summed E-state index contributed by atoms with van der Waals surface area (Å²) in [5, 5.41) is 9.89. The largest absolute Gasteiger partial charge is 0.371 e. The first-order valence-electron chi connectivity index (χ1n) is 7.70. The molecule has 6 heteroatoms.